The third-order valence-corrected chi connectivity index (χ3v) is 4.71. The maximum Gasteiger partial charge on any atom is 0.318 e. The molecule has 3 rings (SSSR count). The maximum atomic E-state index is 11.7. The number of hydrogen-bond donors (Lipinski definition) is 0. The first-order valence-electron chi connectivity index (χ1n) is 7.12. The second-order valence-corrected chi connectivity index (χ2v) is 6.48. The van der Waals surface area contributed by atoms with E-state index >= 15 is 0 Å². The van der Waals surface area contributed by atoms with Gasteiger partial charge in [0, 0.05) is 11.5 Å². The van der Waals surface area contributed by atoms with Gasteiger partial charge in [0.05, 0.1) is 19.7 Å². The Kier molecular flexibility index (Phi) is 4.12. The van der Waals surface area contributed by atoms with Crippen LogP contribution in [-0.2, 0) is 9.53 Å². The Hall–Kier alpha value is -2.28. The topological polar surface area (TPSA) is 65.7 Å². The van der Waals surface area contributed by atoms with E-state index in [0.29, 0.717) is 5.16 Å². The molecule has 0 bridgehead atoms. The molecule has 0 N–H and O–H groups in total. The molecule has 6 nitrogen and oxygen atoms in total. The minimum atomic E-state index is -0.366. The van der Waals surface area contributed by atoms with Gasteiger partial charge in [0.1, 0.15) is 11.0 Å². The maximum absolute atomic E-state index is 11.7. The second-order valence-electron chi connectivity index (χ2n) is 5.17. The smallest absolute Gasteiger partial charge is 0.318 e. The first kappa shape index (κ1) is 15.6. The molecule has 0 aliphatic heterocycles. The summed E-state index contributed by atoms with van der Waals surface area (Å²) in [5.41, 5.74) is 2.80. The minimum Gasteiger partial charge on any atom is -0.497 e. The number of aryl methyl sites for hydroxylation is 1. The number of thioether (sulfide) groups is 1. The quantitative estimate of drug-likeness (QED) is 0.541. The van der Waals surface area contributed by atoms with Crippen LogP contribution in [0.3, 0.4) is 0 Å². The van der Waals surface area contributed by atoms with Gasteiger partial charge in [-0.25, -0.2) is 0 Å². The van der Waals surface area contributed by atoms with Gasteiger partial charge in [-0.3, -0.25) is 9.20 Å². The number of fused-ring (bicyclic) bond motifs is 3. The number of aromatic nitrogens is 3. The molecular weight excluding hydrogens is 314 g/mol. The molecule has 0 aliphatic rings. The van der Waals surface area contributed by atoms with Crippen molar-refractivity contribution in [3.63, 3.8) is 0 Å². The summed E-state index contributed by atoms with van der Waals surface area (Å²) in [6, 6.07) is 7.87. The van der Waals surface area contributed by atoms with Gasteiger partial charge in [0.2, 0.25) is 0 Å². The van der Waals surface area contributed by atoms with Crippen LogP contribution in [0.2, 0.25) is 0 Å². The van der Waals surface area contributed by atoms with E-state index in [2.05, 4.69) is 10.2 Å². The third-order valence-electron chi connectivity index (χ3n) is 3.69. The Morgan fingerprint density at radius 1 is 1.26 bits per heavy atom. The molecule has 2 aromatic heterocycles. The van der Waals surface area contributed by atoms with Crippen LogP contribution in [0, 0.1) is 6.92 Å². The molecule has 0 saturated carbocycles. The molecule has 23 heavy (non-hydrogen) atoms. The fraction of sp³-hybridized carbons (Fsp3) is 0.312. The standard InChI is InChI=1S/C16H17N3O3S/c1-9-7-14-17-18-16(23-10(2)15(20)22-4)19(14)13-8-11(21-3)5-6-12(9)13/h5-8,10H,1-4H3/t10-/m1/s1. The number of methoxy groups -OCH3 is 2. The van der Waals surface area contributed by atoms with E-state index < -0.39 is 0 Å². The molecular formula is C16H17N3O3S. The van der Waals surface area contributed by atoms with Crippen LogP contribution in [0.15, 0.2) is 29.4 Å². The van der Waals surface area contributed by atoms with Gasteiger partial charge in [-0.15, -0.1) is 10.2 Å². The van der Waals surface area contributed by atoms with E-state index in [1.54, 1.807) is 14.0 Å². The van der Waals surface area contributed by atoms with Crippen LogP contribution in [0.25, 0.3) is 16.6 Å². The highest BCUT2D eigenvalue weighted by molar-refractivity contribution is 8.00. The number of carbonyl (C=O) groups excluding carboxylic acids is 1. The monoisotopic (exact) mass is 331 g/mol. The first-order chi connectivity index (χ1) is 11.0. The predicted octanol–water partition coefficient (Wildman–Crippen LogP) is 2.85. The van der Waals surface area contributed by atoms with Crippen molar-refractivity contribution in [2.24, 2.45) is 0 Å². The zero-order valence-corrected chi connectivity index (χ0v) is 14.2. The molecule has 7 heteroatoms. The summed E-state index contributed by atoms with van der Waals surface area (Å²) < 4.78 is 12.0. The predicted molar refractivity (Wildman–Crippen MR) is 89.1 cm³/mol. The van der Waals surface area contributed by atoms with E-state index in [1.807, 2.05) is 35.6 Å². The number of rotatable bonds is 4. The van der Waals surface area contributed by atoms with Crippen LogP contribution in [0.1, 0.15) is 12.5 Å². The van der Waals surface area contributed by atoms with E-state index in [0.717, 1.165) is 27.9 Å². The lowest BCUT2D eigenvalue weighted by molar-refractivity contribution is -0.139. The third kappa shape index (κ3) is 2.72. The first-order valence-corrected chi connectivity index (χ1v) is 8.00. The van der Waals surface area contributed by atoms with Gasteiger partial charge in [0.15, 0.2) is 10.8 Å². The number of esters is 1. The van der Waals surface area contributed by atoms with Gasteiger partial charge in [-0.1, -0.05) is 11.8 Å². The number of benzene rings is 1. The van der Waals surface area contributed by atoms with E-state index in [4.69, 9.17) is 9.47 Å². The molecule has 1 aromatic carbocycles. The van der Waals surface area contributed by atoms with E-state index in [9.17, 15) is 4.79 Å². The van der Waals surface area contributed by atoms with Crippen LogP contribution in [0.5, 0.6) is 5.75 Å². The zero-order chi connectivity index (χ0) is 16.6. The van der Waals surface area contributed by atoms with Crippen LogP contribution >= 0.6 is 11.8 Å². The summed E-state index contributed by atoms with van der Waals surface area (Å²) in [6.07, 6.45) is 0. The number of hydrogen-bond acceptors (Lipinski definition) is 6. The summed E-state index contributed by atoms with van der Waals surface area (Å²) in [7, 11) is 3.01. The fourth-order valence-corrected chi connectivity index (χ4v) is 3.37. The Bertz CT molecular complexity index is 891. The number of pyridine rings is 1. The van der Waals surface area contributed by atoms with Crippen molar-refractivity contribution in [2.45, 2.75) is 24.3 Å². The van der Waals surface area contributed by atoms with Gasteiger partial charge in [-0.2, -0.15) is 0 Å². The molecule has 0 amide bonds. The molecule has 120 valence electrons. The van der Waals surface area contributed by atoms with Crippen LogP contribution in [-0.4, -0.2) is 40.0 Å². The molecule has 3 aromatic rings. The van der Waals surface area contributed by atoms with Gasteiger partial charge < -0.3 is 9.47 Å². The highest BCUT2D eigenvalue weighted by atomic mass is 32.2. The van der Waals surface area contributed by atoms with Crippen LogP contribution < -0.4 is 4.74 Å². The van der Waals surface area contributed by atoms with Crippen molar-refractivity contribution in [3.8, 4) is 5.75 Å². The highest BCUT2D eigenvalue weighted by Crippen LogP contribution is 2.30. The van der Waals surface area contributed by atoms with E-state index in [-0.39, 0.29) is 11.2 Å². The number of nitrogens with zero attached hydrogens (tertiary/aromatic N) is 3. The minimum absolute atomic E-state index is 0.291. The molecule has 1 atom stereocenters. The molecule has 0 fully saturated rings. The number of carbonyl (C=O) groups is 1. The average molecular weight is 331 g/mol. The fourth-order valence-electron chi connectivity index (χ4n) is 2.48. The van der Waals surface area contributed by atoms with Crippen molar-refractivity contribution >= 4 is 34.3 Å². The van der Waals surface area contributed by atoms with Gasteiger partial charge in [-0.05, 0) is 37.6 Å². The van der Waals surface area contributed by atoms with Gasteiger partial charge >= 0.3 is 5.97 Å². The summed E-state index contributed by atoms with van der Waals surface area (Å²) in [6.45, 7) is 3.82. The number of ether oxygens (including phenoxy) is 2. The average Bonchev–Trinajstić information content (AvgIpc) is 2.96. The Labute approximate surface area is 137 Å². The largest absolute Gasteiger partial charge is 0.497 e. The lowest BCUT2D eigenvalue weighted by atomic mass is 10.1. The van der Waals surface area contributed by atoms with E-state index in [1.165, 1.54) is 18.9 Å². The summed E-state index contributed by atoms with van der Waals surface area (Å²) in [5.74, 6) is 0.468. The molecule has 2 heterocycles. The summed E-state index contributed by atoms with van der Waals surface area (Å²) >= 11 is 1.32. The molecule has 0 aliphatic carbocycles. The van der Waals surface area contributed by atoms with Crippen LogP contribution in [0.4, 0.5) is 0 Å². The Morgan fingerprint density at radius 3 is 2.74 bits per heavy atom. The molecule has 0 unspecified atom stereocenters. The Balaban J connectivity index is 2.20. The molecule has 0 spiro atoms. The zero-order valence-electron chi connectivity index (χ0n) is 13.4. The molecule has 0 radical (unpaired) electrons. The molecule has 0 saturated heterocycles. The highest BCUT2D eigenvalue weighted by Gasteiger charge is 2.19. The summed E-state index contributed by atoms with van der Waals surface area (Å²) in [4.78, 5) is 11.7. The van der Waals surface area contributed by atoms with Crippen molar-refractivity contribution in [1.29, 1.82) is 0 Å². The normalized spacial score (nSPS) is 12.5. The SMILES string of the molecule is COC(=O)[C@@H](C)Sc1nnc2cc(C)c3ccc(OC)cc3n12. The lowest BCUT2D eigenvalue weighted by Crippen LogP contribution is -2.15. The van der Waals surface area contributed by atoms with Gasteiger partial charge in [0.25, 0.3) is 0 Å². The Morgan fingerprint density at radius 2 is 2.04 bits per heavy atom. The van der Waals surface area contributed by atoms with Crippen molar-refractivity contribution in [1.82, 2.24) is 14.6 Å². The van der Waals surface area contributed by atoms with Crippen molar-refractivity contribution < 1.29 is 14.3 Å². The second kappa shape index (κ2) is 6.08. The summed E-state index contributed by atoms with van der Waals surface area (Å²) in [5, 5.41) is 9.82. The van der Waals surface area contributed by atoms with Crippen molar-refractivity contribution in [2.75, 3.05) is 14.2 Å². The van der Waals surface area contributed by atoms with Crippen molar-refractivity contribution in [3.05, 3.63) is 29.8 Å². The lowest BCUT2D eigenvalue weighted by Gasteiger charge is -2.11.